The summed E-state index contributed by atoms with van der Waals surface area (Å²) in [5.41, 5.74) is 1.08. The molecule has 0 atom stereocenters. The van der Waals surface area contributed by atoms with E-state index in [1.807, 2.05) is 31.2 Å². The summed E-state index contributed by atoms with van der Waals surface area (Å²) in [5.74, 6) is 0.771. The molecule has 2 rings (SSSR count). The molecule has 0 heterocycles. The first-order valence-electron chi connectivity index (χ1n) is 7.05. The molecule has 1 aromatic carbocycles. The summed E-state index contributed by atoms with van der Waals surface area (Å²) in [6.07, 6.45) is 2.17. The average Bonchev–Trinajstić information content (AvgIpc) is 3.24. The molecule has 0 aliphatic heterocycles. The van der Waals surface area contributed by atoms with Gasteiger partial charge in [0.05, 0.1) is 13.2 Å². The molecule has 0 amide bonds. The third-order valence-electron chi connectivity index (χ3n) is 3.63. The van der Waals surface area contributed by atoms with E-state index in [1.54, 1.807) is 0 Å². The molecular formula is C15H23ClIN3O. The van der Waals surface area contributed by atoms with Crippen molar-refractivity contribution in [3.63, 3.8) is 0 Å². The highest BCUT2D eigenvalue weighted by molar-refractivity contribution is 14.0. The van der Waals surface area contributed by atoms with E-state index >= 15 is 0 Å². The lowest BCUT2D eigenvalue weighted by Crippen LogP contribution is -2.41. The summed E-state index contributed by atoms with van der Waals surface area (Å²) < 4.78 is 0. The van der Waals surface area contributed by atoms with Crippen LogP contribution in [0, 0.1) is 5.41 Å². The standard InChI is InChI=1S/C15H22ClN3O.HI/c1-2-17-14(19-10-15(11-20)7-8-15)18-9-12-5-3-4-6-13(12)16;/h3-6,20H,2,7-11H2,1H3,(H2,17,18,19);1H. The fourth-order valence-corrected chi connectivity index (χ4v) is 2.17. The van der Waals surface area contributed by atoms with Crippen LogP contribution in [-0.4, -0.2) is 30.8 Å². The molecule has 0 spiro atoms. The molecule has 0 unspecified atom stereocenters. The molecule has 1 saturated carbocycles. The number of halogens is 2. The molecule has 0 radical (unpaired) electrons. The molecule has 1 aromatic rings. The minimum absolute atomic E-state index is 0. The van der Waals surface area contributed by atoms with Crippen LogP contribution in [0.3, 0.4) is 0 Å². The van der Waals surface area contributed by atoms with Gasteiger partial charge < -0.3 is 15.7 Å². The molecule has 21 heavy (non-hydrogen) atoms. The Balaban J connectivity index is 0.00000220. The molecule has 3 N–H and O–H groups in total. The van der Waals surface area contributed by atoms with Crippen molar-refractivity contribution < 1.29 is 5.11 Å². The van der Waals surface area contributed by atoms with Crippen LogP contribution in [0.25, 0.3) is 0 Å². The topological polar surface area (TPSA) is 56.7 Å². The SMILES string of the molecule is CCNC(=NCc1ccccc1Cl)NCC1(CO)CC1.I. The van der Waals surface area contributed by atoms with E-state index in [0.717, 1.165) is 42.5 Å². The molecule has 1 aliphatic carbocycles. The Bertz CT molecular complexity index is 478. The molecule has 0 saturated heterocycles. The smallest absolute Gasteiger partial charge is 0.191 e. The zero-order chi connectivity index (χ0) is 14.4. The van der Waals surface area contributed by atoms with Crippen molar-refractivity contribution in [2.45, 2.75) is 26.3 Å². The third-order valence-corrected chi connectivity index (χ3v) is 4.00. The maximum atomic E-state index is 9.33. The van der Waals surface area contributed by atoms with Crippen molar-refractivity contribution in [2.75, 3.05) is 19.7 Å². The van der Waals surface area contributed by atoms with E-state index in [0.29, 0.717) is 6.54 Å². The van der Waals surface area contributed by atoms with E-state index < -0.39 is 0 Å². The van der Waals surface area contributed by atoms with Crippen molar-refractivity contribution in [2.24, 2.45) is 10.4 Å². The number of hydrogen-bond acceptors (Lipinski definition) is 2. The molecule has 6 heteroatoms. The second-order valence-electron chi connectivity index (χ2n) is 5.30. The van der Waals surface area contributed by atoms with Crippen LogP contribution >= 0.6 is 35.6 Å². The second kappa shape index (κ2) is 8.80. The Morgan fingerprint density at radius 2 is 2.05 bits per heavy atom. The number of rotatable bonds is 6. The van der Waals surface area contributed by atoms with Gasteiger partial charge in [0.1, 0.15) is 0 Å². The molecule has 118 valence electrons. The van der Waals surface area contributed by atoms with Crippen molar-refractivity contribution >= 4 is 41.5 Å². The summed E-state index contributed by atoms with van der Waals surface area (Å²) in [6.45, 7) is 4.38. The molecule has 0 aromatic heterocycles. The third kappa shape index (κ3) is 5.64. The highest BCUT2D eigenvalue weighted by atomic mass is 127. The van der Waals surface area contributed by atoms with Crippen molar-refractivity contribution in [3.8, 4) is 0 Å². The predicted molar refractivity (Wildman–Crippen MR) is 98.4 cm³/mol. The number of nitrogens with zero attached hydrogens (tertiary/aromatic N) is 1. The van der Waals surface area contributed by atoms with E-state index in [1.165, 1.54) is 0 Å². The monoisotopic (exact) mass is 423 g/mol. The minimum atomic E-state index is 0. The number of aliphatic hydroxyl groups is 1. The largest absolute Gasteiger partial charge is 0.396 e. The summed E-state index contributed by atoms with van der Waals surface area (Å²) in [5, 5.41) is 16.6. The quantitative estimate of drug-likeness (QED) is 0.375. The highest BCUT2D eigenvalue weighted by Gasteiger charge is 2.41. The number of benzene rings is 1. The predicted octanol–water partition coefficient (Wildman–Crippen LogP) is 2.79. The van der Waals surface area contributed by atoms with Crippen LogP contribution in [0.5, 0.6) is 0 Å². The van der Waals surface area contributed by atoms with Crippen molar-refractivity contribution in [1.82, 2.24) is 10.6 Å². The van der Waals surface area contributed by atoms with Crippen LogP contribution < -0.4 is 10.6 Å². The summed E-state index contributed by atoms with van der Waals surface area (Å²) in [6, 6.07) is 7.72. The van der Waals surface area contributed by atoms with Gasteiger partial charge in [-0.25, -0.2) is 4.99 Å². The van der Waals surface area contributed by atoms with Crippen LogP contribution in [-0.2, 0) is 6.54 Å². The van der Waals surface area contributed by atoms with Gasteiger partial charge in [-0.1, -0.05) is 29.8 Å². The maximum absolute atomic E-state index is 9.33. The summed E-state index contributed by atoms with van der Waals surface area (Å²) >= 11 is 6.12. The first-order valence-corrected chi connectivity index (χ1v) is 7.43. The lowest BCUT2D eigenvalue weighted by molar-refractivity contribution is 0.212. The molecule has 0 bridgehead atoms. The number of nitrogens with one attached hydrogen (secondary N) is 2. The zero-order valence-corrected chi connectivity index (χ0v) is 15.3. The highest BCUT2D eigenvalue weighted by Crippen LogP contribution is 2.44. The zero-order valence-electron chi connectivity index (χ0n) is 12.2. The Hall–Kier alpha value is -0.530. The fourth-order valence-electron chi connectivity index (χ4n) is 1.97. The first kappa shape index (κ1) is 18.5. The van der Waals surface area contributed by atoms with Gasteiger partial charge in [0, 0.05) is 23.5 Å². The van der Waals surface area contributed by atoms with Gasteiger partial charge in [0.2, 0.25) is 0 Å². The van der Waals surface area contributed by atoms with Gasteiger partial charge in [-0.2, -0.15) is 0 Å². The number of aliphatic hydroxyl groups excluding tert-OH is 1. The number of aliphatic imine (C=N–C) groups is 1. The van der Waals surface area contributed by atoms with Gasteiger partial charge >= 0.3 is 0 Å². The lowest BCUT2D eigenvalue weighted by Gasteiger charge is -2.16. The van der Waals surface area contributed by atoms with Gasteiger partial charge in [0.25, 0.3) is 0 Å². The molecule has 4 nitrogen and oxygen atoms in total. The Kier molecular flexibility index (Phi) is 7.76. The number of guanidine groups is 1. The maximum Gasteiger partial charge on any atom is 0.191 e. The van der Waals surface area contributed by atoms with Gasteiger partial charge in [-0.15, -0.1) is 24.0 Å². The van der Waals surface area contributed by atoms with Crippen LogP contribution in [0.15, 0.2) is 29.3 Å². The van der Waals surface area contributed by atoms with E-state index in [4.69, 9.17) is 11.6 Å². The van der Waals surface area contributed by atoms with Gasteiger partial charge in [-0.05, 0) is 31.4 Å². The van der Waals surface area contributed by atoms with Crippen molar-refractivity contribution in [3.05, 3.63) is 34.9 Å². The number of hydrogen-bond donors (Lipinski definition) is 3. The molecule has 1 fully saturated rings. The normalized spacial score (nSPS) is 16.0. The van der Waals surface area contributed by atoms with E-state index in [-0.39, 0.29) is 36.0 Å². The minimum Gasteiger partial charge on any atom is -0.396 e. The fraction of sp³-hybridized carbons (Fsp3) is 0.533. The van der Waals surface area contributed by atoms with Crippen LogP contribution in [0.4, 0.5) is 0 Å². The van der Waals surface area contributed by atoms with Crippen LogP contribution in [0.2, 0.25) is 5.02 Å². The summed E-state index contributed by atoms with van der Waals surface area (Å²) in [7, 11) is 0. The second-order valence-corrected chi connectivity index (χ2v) is 5.71. The average molecular weight is 424 g/mol. The van der Waals surface area contributed by atoms with Crippen molar-refractivity contribution in [1.29, 1.82) is 0 Å². The van der Waals surface area contributed by atoms with Crippen LogP contribution in [0.1, 0.15) is 25.3 Å². The van der Waals surface area contributed by atoms with Gasteiger partial charge in [0.15, 0.2) is 5.96 Å². The summed E-state index contributed by atoms with van der Waals surface area (Å²) in [4.78, 5) is 4.54. The Labute approximate surface area is 148 Å². The Morgan fingerprint density at radius 3 is 2.62 bits per heavy atom. The lowest BCUT2D eigenvalue weighted by atomic mass is 10.1. The Morgan fingerprint density at radius 1 is 1.33 bits per heavy atom. The van der Waals surface area contributed by atoms with E-state index in [2.05, 4.69) is 15.6 Å². The molecular weight excluding hydrogens is 401 g/mol. The van der Waals surface area contributed by atoms with Gasteiger partial charge in [-0.3, -0.25) is 0 Å². The molecule has 1 aliphatic rings. The van der Waals surface area contributed by atoms with E-state index in [9.17, 15) is 5.11 Å². The first-order chi connectivity index (χ1) is 9.69.